The summed E-state index contributed by atoms with van der Waals surface area (Å²) in [6.07, 6.45) is 7.83. The molecule has 15 heavy (non-hydrogen) atoms. The number of imidazole rings is 1. The van der Waals surface area contributed by atoms with E-state index in [0.717, 1.165) is 24.8 Å². The van der Waals surface area contributed by atoms with Crippen LogP contribution in [-0.4, -0.2) is 16.5 Å². The van der Waals surface area contributed by atoms with Crippen LogP contribution in [0.3, 0.4) is 0 Å². The number of nitrogens with one attached hydrogen (secondary N) is 2. The van der Waals surface area contributed by atoms with Gasteiger partial charge in [0.05, 0.1) is 6.54 Å². The van der Waals surface area contributed by atoms with Gasteiger partial charge in [-0.15, -0.1) is 0 Å². The second-order valence-electron chi connectivity index (χ2n) is 5.24. The van der Waals surface area contributed by atoms with Gasteiger partial charge in [0.25, 0.3) is 0 Å². The highest BCUT2D eigenvalue weighted by Gasteiger charge is 2.42. The van der Waals surface area contributed by atoms with Crippen LogP contribution in [0.4, 0.5) is 0 Å². The summed E-state index contributed by atoms with van der Waals surface area (Å²) in [5, 5.41) is 3.50. The van der Waals surface area contributed by atoms with Crippen molar-refractivity contribution in [1.29, 1.82) is 0 Å². The lowest BCUT2D eigenvalue weighted by atomic mass is 9.94. The second-order valence-corrected chi connectivity index (χ2v) is 5.24. The third kappa shape index (κ3) is 3.06. The molecule has 0 radical (unpaired) electrons. The van der Waals surface area contributed by atoms with Crippen molar-refractivity contribution in [3.63, 3.8) is 0 Å². The summed E-state index contributed by atoms with van der Waals surface area (Å²) in [5.74, 6) is 1.85. The molecule has 0 aliphatic heterocycles. The minimum atomic E-state index is 0.612. The standard InChI is InChI=1S/C12H21N3/c1-10(2)7-12(3-4-12)9-13-8-11-14-5-6-15-11/h5-6,10,13H,3-4,7-9H2,1-2H3,(H,14,15). The van der Waals surface area contributed by atoms with Crippen molar-refractivity contribution >= 4 is 0 Å². The zero-order chi connectivity index (χ0) is 10.7. The molecule has 0 amide bonds. The molecule has 1 saturated carbocycles. The van der Waals surface area contributed by atoms with Gasteiger partial charge in [-0.1, -0.05) is 13.8 Å². The summed E-state index contributed by atoms with van der Waals surface area (Å²) < 4.78 is 0. The molecule has 1 aromatic rings. The van der Waals surface area contributed by atoms with E-state index in [1.807, 2.05) is 6.20 Å². The van der Waals surface area contributed by atoms with E-state index in [1.165, 1.54) is 19.3 Å². The molecule has 0 spiro atoms. The molecule has 3 nitrogen and oxygen atoms in total. The van der Waals surface area contributed by atoms with Gasteiger partial charge in [0.15, 0.2) is 0 Å². The fourth-order valence-electron chi connectivity index (χ4n) is 2.34. The first-order valence-electron chi connectivity index (χ1n) is 5.89. The molecular weight excluding hydrogens is 186 g/mol. The molecule has 2 N–H and O–H groups in total. The third-order valence-electron chi connectivity index (χ3n) is 3.15. The third-order valence-corrected chi connectivity index (χ3v) is 3.15. The highest BCUT2D eigenvalue weighted by molar-refractivity contribution is 4.96. The van der Waals surface area contributed by atoms with E-state index in [4.69, 9.17) is 0 Å². The number of hydrogen-bond donors (Lipinski definition) is 2. The van der Waals surface area contributed by atoms with Gasteiger partial charge in [0.1, 0.15) is 5.82 Å². The predicted octanol–water partition coefficient (Wildman–Crippen LogP) is 2.33. The first-order valence-corrected chi connectivity index (χ1v) is 5.89. The minimum absolute atomic E-state index is 0.612. The van der Waals surface area contributed by atoms with Crippen molar-refractivity contribution in [2.24, 2.45) is 11.3 Å². The van der Waals surface area contributed by atoms with Crippen LogP contribution in [0.5, 0.6) is 0 Å². The Balaban J connectivity index is 1.70. The first-order chi connectivity index (χ1) is 7.20. The molecule has 1 aliphatic rings. The number of H-pyrrole nitrogens is 1. The van der Waals surface area contributed by atoms with Crippen molar-refractivity contribution in [1.82, 2.24) is 15.3 Å². The quantitative estimate of drug-likeness (QED) is 0.751. The Morgan fingerprint density at radius 1 is 1.53 bits per heavy atom. The first kappa shape index (κ1) is 10.7. The van der Waals surface area contributed by atoms with Gasteiger partial charge in [0, 0.05) is 18.9 Å². The SMILES string of the molecule is CC(C)CC1(CNCc2ncc[nH]2)CC1. The Morgan fingerprint density at radius 3 is 2.87 bits per heavy atom. The Labute approximate surface area is 91.7 Å². The van der Waals surface area contributed by atoms with Gasteiger partial charge in [-0.2, -0.15) is 0 Å². The molecule has 1 aliphatic carbocycles. The lowest BCUT2D eigenvalue weighted by molar-refractivity contribution is 0.365. The summed E-state index contributed by atoms with van der Waals surface area (Å²) in [7, 11) is 0. The van der Waals surface area contributed by atoms with E-state index in [2.05, 4.69) is 29.1 Å². The Bertz CT molecular complexity index is 286. The normalized spacial score (nSPS) is 18.3. The maximum absolute atomic E-state index is 4.20. The smallest absolute Gasteiger partial charge is 0.120 e. The Hall–Kier alpha value is -0.830. The molecule has 0 unspecified atom stereocenters. The summed E-state index contributed by atoms with van der Waals surface area (Å²) >= 11 is 0. The van der Waals surface area contributed by atoms with Crippen LogP contribution in [-0.2, 0) is 6.54 Å². The van der Waals surface area contributed by atoms with Crippen molar-refractivity contribution in [2.45, 2.75) is 39.7 Å². The number of aromatic amines is 1. The van der Waals surface area contributed by atoms with Crippen LogP contribution < -0.4 is 5.32 Å². The van der Waals surface area contributed by atoms with Crippen molar-refractivity contribution < 1.29 is 0 Å². The van der Waals surface area contributed by atoms with Crippen molar-refractivity contribution in [3.05, 3.63) is 18.2 Å². The van der Waals surface area contributed by atoms with Gasteiger partial charge < -0.3 is 10.3 Å². The van der Waals surface area contributed by atoms with Crippen LogP contribution in [0, 0.1) is 11.3 Å². The van der Waals surface area contributed by atoms with E-state index in [1.54, 1.807) is 6.20 Å². The van der Waals surface area contributed by atoms with Gasteiger partial charge in [-0.05, 0) is 30.6 Å². The van der Waals surface area contributed by atoms with Crippen LogP contribution in [0.15, 0.2) is 12.4 Å². The molecule has 2 rings (SSSR count). The monoisotopic (exact) mass is 207 g/mol. The number of hydrogen-bond acceptors (Lipinski definition) is 2. The molecule has 84 valence electrons. The summed E-state index contributed by atoms with van der Waals surface area (Å²) in [6, 6.07) is 0. The van der Waals surface area contributed by atoms with Crippen LogP contribution in [0.25, 0.3) is 0 Å². The topological polar surface area (TPSA) is 40.7 Å². The van der Waals surface area contributed by atoms with E-state index in [0.29, 0.717) is 5.41 Å². The molecule has 3 heteroatoms. The number of aromatic nitrogens is 2. The largest absolute Gasteiger partial charge is 0.348 e. The molecule has 1 fully saturated rings. The van der Waals surface area contributed by atoms with Crippen LogP contribution in [0.1, 0.15) is 38.9 Å². The summed E-state index contributed by atoms with van der Waals surface area (Å²) in [6.45, 7) is 6.64. The summed E-state index contributed by atoms with van der Waals surface area (Å²) in [4.78, 5) is 7.31. The highest BCUT2D eigenvalue weighted by Crippen LogP contribution is 2.49. The molecule has 0 bridgehead atoms. The molecule has 0 aromatic carbocycles. The molecule has 1 aromatic heterocycles. The average Bonchev–Trinajstić information content (AvgIpc) is 2.74. The molecule has 1 heterocycles. The Kier molecular flexibility index (Phi) is 3.10. The lowest BCUT2D eigenvalue weighted by Crippen LogP contribution is -2.25. The van der Waals surface area contributed by atoms with Gasteiger partial charge in [-0.25, -0.2) is 4.98 Å². The van der Waals surface area contributed by atoms with E-state index in [9.17, 15) is 0 Å². The van der Waals surface area contributed by atoms with Crippen molar-refractivity contribution in [2.75, 3.05) is 6.54 Å². The van der Waals surface area contributed by atoms with E-state index in [-0.39, 0.29) is 0 Å². The number of rotatable bonds is 6. The van der Waals surface area contributed by atoms with E-state index >= 15 is 0 Å². The fourth-order valence-corrected chi connectivity index (χ4v) is 2.34. The molecule has 0 atom stereocenters. The van der Waals surface area contributed by atoms with Crippen LogP contribution >= 0.6 is 0 Å². The number of nitrogens with zero attached hydrogens (tertiary/aromatic N) is 1. The second kappa shape index (κ2) is 4.35. The molecular formula is C12H21N3. The van der Waals surface area contributed by atoms with Gasteiger partial charge in [-0.3, -0.25) is 0 Å². The van der Waals surface area contributed by atoms with Gasteiger partial charge >= 0.3 is 0 Å². The highest BCUT2D eigenvalue weighted by atomic mass is 15.0. The summed E-state index contributed by atoms with van der Waals surface area (Å²) in [5.41, 5.74) is 0.612. The predicted molar refractivity (Wildman–Crippen MR) is 61.4 cm³/mol. The zero-order valence-corrected chi connectivity index (χ0v) is 9.71. The average molecular weight is 207 g/mol. The van der Waals surface area contributed by atoms with Crippen molar-refractivity contribution in [3.8, 4) is 0 Å². The molecule has 0 saturated heterocycles. The zero-order valence-electron chi connectivity index (χ0n) is 9.71. The Morgan fingerprint density at radius 2 is 2.33 bits per heavy atom. The van der Waals surface area contributed by atoms with E-state index < -0.39 is 0 Å². The maximum Gasteiger partial charge on any atom is 0.120 e. The minimum Gasteiger partial charge on any atom is -0.348 e. The fraction of sp³-hybridized carbons (Fsp3) is 0.750. The maximum atomic E-state index is 4.20. The lowest BCUT2D eigenvalue weighted by Gasteiger charge is -2.17. The van der Waals surface area contributed by atoms with Gasteiger partial charge in [0.2, 0.25) is 0 Å². The van der Waals surface area contributed by atoms with Crippen LogP contribution in [0.2, 0.25) is 0 Å².